The van der Waals surface area contributed by atoms with Crippen LogP contribution >= 0.6 is 0 Å². The van der Waals surface area contributed by atoms with Crippen molar-refractivity contribution >= 4 is 5.78 Å². The van der Waals surface area contributed by atoms with Crippen LogP contribution in [0.1, 0.15) is 46.3 Å². The number of rotatable bonds is 3. The van der Waals surface area contributed by atoms with Gasteiger partial charge in [-0.1, -0.05) is 0 Å². The molecule has 19 heavy (non-hydrogen) atoms. The Labute approximate surface area is 114 Å². The van der Waals surface area contributed by atoms with Gasteiger partial charge in [0.15, 0.2) is 5.78 Å². The van der Waals surface area contributed by atoms with Gasteiger partial charge in [-0.05, 0) is 62.8 Å². The SMILES string of the molecule is COc1cc(C)c(C(=O)C2(C#N)CCC2)c(C)c1C. The van der Waals surface area contributed by atoms with E-state index in [4.69, 9.17) is 4.74 Å². The van der Waals surface area contributed by atoms with Crippen LogP contribution in [0.4, 0.5) is 0 Å². The van der Waals surface area contributed by atoms with Crippen LogP contribution in [0.5, 0.6) is 5.75 Å². The number of Topliss-reactive ketones (excluding diaryl/α,β-unsaturated/α-hetero) is 1. The number of ketones is 1. The first-order chi connectivity index (χ1) is 8.96. The third kappa shape index (κ3) is 1.92. The van der Waals surface area contributed by atoms with Gasteiger partial charge in [0.25, 0.3) is 0 Å². The zero-order valence-electron chi connectivity index (χ0n) is 12.0. The fourth-order valence-electron chi connectivity index (χ4n) is 2.77. The minimum atomic E-state index is -0.781. The highest BCUT2D eigenvalue weighted by Crippen LogP contribution is 2.44. The van der Waals surface area contributed by atoms with E-state index in [1.54, 1.807) is 7.11 Å². The molecule has 0 unspecified atom stereocenters. The van der Waals surface area contributed by atoms with Gasteiger partial charge in [0.1, 0.15) is 11.2 Å². The van der Waals surface area contributed by atoms with Crippen molar-refractivity contribution in [2.24, 2.45) is 5.41 Å². The average molecular weight is 257 g/mol. The maximum Gasteiger partial charge on any atom is 0.183 e. The molecule has 1 saturated carbocycles. The molecule has 3 heteroatoms. The third-order valence-corrected chi connectivity index (χ3v) is 4.35. The number of aryl methyl sites for hydroxylation is 1. The van der Waals surface area contributed by atoms with Crippen LogP contribution in [0.25, 0.3) is 0 Å². The summed E-state index contributed by atoms with van der Waals surface area (Å²) in [7, 11) is 1.63. The molecule has 2 rings (SSSR count). The molecule has 0 N–H and O–H groups in total. The second-order valence-corrected chi connectivity index (χ2v) is 5.40. The van der Waals surface area contributed by atoms with Gasteiger partial charge in [-0.15, -0.1) is 0 Å². The summed E-state index contributed by atoms with van der Waals surface area (Å²) in [6.45, 7) is 5.79. The Hall–Kier alpha value is -1.82. The summed E-state index contributed by atoms with van der Waals surface area (Å²) in [5.74, 6) is 0.785. The van der Waals surface area contributed by atoms with Crippen LogP contribution in [0, 0.1) is 37.5 Å². The Morgan fingerprint density at radius 1 is 1.32 bits per heavy atom. The van der Waals surface area contributed by atoms with E-state index in [9.17, 15) is 10.1 Å². The molecule has 1 aliphatic rings. The van der Waals surface area contributed by atoms with E-state index in [1.807, 2.05) is 26.8 Å². The summed E-state index contributed by atoms with van der Waals surface area (Å²) < 4.78 is 5.32. The number of ether oxygens (including phenoxy) is 1. The first kappa shape index (κ1) is 13.6. The van der Waals surface area contributed by atoms with E-state index in [-0.39, 0.29) is 5.78 Å². The van der Waals surface area contributed by atoms with E-state index < -0.39 is 5.41 Å². The molecule has 1 aromatic carbocycles. The van der Waals surface area contributed by atoms with Crippen molar-refractivity contribution in [2.45, 2.75) is 40.0 Å². The highest BCUT2D eigenvalue weighted by molar-refractivity contribution is 6.05. The fraction of sp³-hybridized carbons (Fsp3) is 0.500. The van der Waals surface area contributed by atoms with Gasteiger partial charge in [0.05, 0.1) is 13.2 Å². The fourth-order valence-corrected chi connectivity index (χ4v) is 2.77. The van der Waals surface area contributed by atoms with Crippen LogP contribution < -0.4 is 4.74 Å². The second-order valence-electron chi connectivity index (χ2n) is 5.40. The Bertz CT molecular complexity index is 577. The Morgan fingerprint density at radius 3 is 2.37 bits per heavy atom. The van der Waals surface area contributed by atoms with Gasteiger partial charge in [-0.25, -0.2) is 0 Å². The molecule has 0 aromatic heterocycles. The molecular weight excluding hydrogens is 238 g/mol. The van der Waals surface area contributed by atoms with Crippen molar-refractivity contribution in [3.8, 4) is 11.8 Å². The number of methoxy groups -OCH3 is 1. The number of carbonyl (C=O) groups is 1. The number of carbonyl (C=O) groups excluding carboxylic acids is 1. The monoisotopic (exact) mass is 257 g/mol. The molecule has 0 radical (unpaired) electrons. The molecule has 1 aromatic rings. The minimum Gasteiger partial charge on any atom is -0.496 e. The van der Waals surface area contributed by atoms with Gasteiger partial charge in [0, 0.05) is 5.56 Å². The lowest BCUT2D eigenvalue weighted by atomic mass is 9.64. The van der Waals surface area contributed by atoms with Gasteiger partial charge in [-0.3, -0.25) is 4.79 Å². The Balaban J connectivity index is 2.55. The average Bonchev–Trinajstić information content (AvgIpc) is 2.33. The summed E-state index contributed by atoms with van der Waals surface area (Å²) in [6.07, 6.45) is 2.34. The molecule has 0 heterocycles. The van der Waals surface area contributed by atoms with Gasteiger partial charge in [-0.2, -0.15) is 5.26 Å². The number of hydrogen-bond acceptors (Lipinski definition) is 3. The van der Waals surface area contributed by atoms with Crippen molar-refractivity contribution in [1.82, 2.24) is 0 Å². The van der Waals surface area contributed by atoms with E-state index in [0.717, 1.165) is 28.9 Å². The Kier molecular flexibility index (Phi) is 3.36. The summed E-state index contributed by atoms with van der Waals surface area (Å²) >= 11 is 0. The smallest absolute Gasteiger partial charge is 0.183 e. The van der Waals surface area contributed by atoms with Crippen LogP contribution in [0.15, 0.2) is 6.07 Å². The van der Waals surface area contributed by atoms with Gasteiger partial charge < -0.3 is 4.74 Å². The van der Waals surface area contributed by atoms with Crippen LogP contribution in [0.3, 0.4) is 0 Å². The maximum absolute atomic E-state index is 12.7. The normalized spacial score (nSPS) is 16.4. The first-order valence-electron chi connectivity index (χ1n) is 6.57. The van der Waals surface area contributed by atoms with Crippen molar-refractivity contribution in [3.05, 3.63) is 28.3 Å². The number of nitrogens with zero attached hydrogens (tertiary/aromatic N) is 1. The quantitative estimate of drug-likeness (QED) is 0.779. The number of nitriles is 1. The van der Waals surface area contributed by atoms with Gasteiger partial charge in [0.2, 0.25) is 0 Å². The standard InChI is InChI=1S/C16H19NO2/c1-10-8-13(19-4)11(2)12(3)14(10)15(18)16(9-17)6-5-7-16/h8H,5-7H2,1-4H3. The van der Waals surface area contributed by atoms with Crippen molar-refractivity contribution in [1.29, 1.82) is 5.26 Å². The van der Waals surface area contributed by atoms with E-state index >= 15 is 0 Å². The number of benzene rings is 1. The van der Waals surface area contributed by atoms with Crippen LogP contribution in [0.2, 0.25) is 0 Å². The maximum atomic E-state index is 12.7. The molecule has 0 spiro atoms. The lowest BCUT2D eigenvalue weighted by Gasteiger charge is -2.34. The lowest BCUT2D eigenvalue weighted by molar-refractivity contribution is 0.0747. The summed E-state index contributed by atoms with van der Waals surface area (Å²) in [6, 6.07) is 4.12. The minimum absolute atomic E-state index is 0.0120. The summed E-state index contributed by atoms with van der Waals surface area (Å²) in [5.41, 5.74) is 2.73. The highest BCUT2D eigenvalue weighted by Gasteiger charge is 2.45. The van der Waals surface area contributed by atoms with Gasteiger partial charge >= 0.3 is 0 Å². The van der Waals surface area contributed by atoms with Crippen LogP contribution in [-0.4, -0.2) is 12.9 Å². The topological polar surface area (TPSA) is 50.1 Å². The first-order valence-corrected chi connectivity index (χ1v) is 6.57. The predicted octanol–water partition coefficient (Wildman–Crippen LogP) is 3.50. The molecule has 0 atom stereocenters. The summed E-state index contributed by atoms with van der Waals surface area (Å²) in [4.78, 5) is 12.7. The van der Waals surface area contributed by atoms with Crippen molar-refractivity contribution in [2.75, 3.05) is 7.11 Å². The largest absolute Gasteiger partial charge is 0.496 e. The zero-order valence-corrected chi connectivity index (χ0v) is 12.0. The van der Waals surface area contributed by atoms with E-state index in [0.29, 0.717) is 18.4 Å². The molecule has 1 fully saturated rings. The molecule has 0 saturated heterocycles. The third-order valence-electron chi connectivity index (χ3n) is 4.35. The Morgan fingerprint density at radius 2 is 1.95 bits per heavy atom. The second kappa shape index (κ2) is 4.70. The van der Waals surface area contributed by atoms with Crippen molar-refractivity contribution in [3.63, 3.8) is 0 Å². The molecule has 0 amide bonds. The molecular formula is C16H19NO2. The summed E-state index contributed by atoms with van der Waals surface area (Å²) in [5, 5.41) is 9.32. The molecule has 3 nitrogen and oxygen atoms in total. The van der Waals surface area contributed by atoms with E-state index in [1.165, 1.54) is 0 Å². The molecule has 100 valence electrons. The van der Waals surface area contributed by atoms with Crippen molar-refractivity contribution < 1.29 is 9.53 Å². The van der Waals surface area contributed by atoms with E-state index in [2.05, 4.69) is 6.07 Å². The van der Waals surface area contributed by atoms with Crippen LogP contribution in [-0.2, 0) is 0 Å². The molecule has 1 aliphatic carbocycles. The predicted molar refractivity (Wildman–Crippen MR) is 73.4 cm³/mol. The number of hydrogen-bond donors (Lipinski definition) is 0. The zero-order chi connectivity index (χ0) is 14.2. The molecule has 0 aliphatic heterocycles. The highest BCUT2D eigenvalue weighted by atomic mass is 16.5. The lowest BCUT2D eigenvalue weighted by Crippen LogP contribution is -2.37. The molecule has 0 bridgehead atoms.